The van der Waals surface area contributed by atoms with Gasteiger partial charge in [0.2, 0.25) is 0 Å². The van der Waals surface area contributed by atoms with Crippen molar-refractivity contribution in [3.8, 4) is 11.8 Å². The van der Waals surface area contributed by atoms with Gasteiger partial charge in [-0.05, 0) is 36.8 Å². The van der Waals surface area contributed by atoms with Crippen molar-refractivity contribution < 1.29 is 14.3 Å². The van der Waals surface area contributed by atoms with Crippen LogP contribution in [0.4, 0.5) is 4.39 Å². The molecule has 0 aliphatic rings. The van der Waals surface area contributed by atoms with Crippen LogP contribution in [-0.4, -0.2) is 25.4 Å². The molecule has 6 nitrogen and oxygen atoms in total. The van der Waals surface area contributed by atoms with Crippen LogP contribution in [0, 0.1) is 17.1 Å². The molecule has 31 heavy (non-hydrogen) atoms. The van der Waals surface area contributed by atoms with E-state index in [0.717, 1.165) is 6.42 Å². The van der Waals surface area contributed by atoms with E-state index in [-0.39, 0.29) is 21.8 Å². The van der Waals surface area contributed by atoms with Crippen molar-refractivity contribution in [2.75, 3.05) is 0 Å². The Morgan fingerprint density at radius 2 is 2.16 bits per heavy atom. The summed E-state index contributed by atoms with van der Waals surface area (Å²) in [6, 6.07) is 11.7. The molecule has 1 N–H and O–H groups in total. The minimum atomic E-state index is -1.05. The molecule has 0 saturated heterocycles. The second-order valence-corrected chi connectivity index (χ2v) is 8.27. The number of carboxylic acids is 1. The average Bonchev–Trinajstić information content (AvgIpc) is 3.33. The van der Waals surface area contributed by atoms with Gasteiger partial charge in [0.05, 0.1) is 32.9 Å². The molecule has 0 fully saturated rings. The number of aromatic carboxylic acids is 1. The predicted molar refractivity (Wildman–Crippen MR) is 117 cm³/mol. The van der Waals surface area contributed by atoms with Crippen LogP contribution < -0.4 is 0 Å². The van der Waals surface area contributed by atoms with Crippen molar-refractivity contribution in [1.29, 1.82) is 5.26 Å². The number of aryl methyl sites for hydroxylation is 1. The first kappa shape index (κ1) is 21.0. The number of nitrogens with zero attached hydrogens (tertiary/aromatic N) is 4. The van der Waals surface area contributed by atoms with E-state index in [4.69, 9.17) is 11.6 Å². The van der Waals surface area contributed by atoms with Crippen LogP contribution in [0.25, 0.3) is 16.6 Å². The van der Waals surface area contributed by atoms with Crippen molar-refractivity contribution in [2.45, 2.75) is 29.7 Å². The fourth-order valence-electron chi connectivity index (χ4n) is 3.37. The molecule has 2 aromatic heterocycles. The number of aromatic nitrogens is 3. The molecule has 0 unspecified atom stereocenters. The summed E-state index contributed by atoms with van der Waals surface area (Å²) in [6.07, 6.45) is 4.21. The molecule has 0 amide bonds. The van der Waals surface area contributed by atoms with Crippen molar-refractivity contribution in [2.24, 2.45) is 0 Å². The minimum Gasteiger partial charge on any atom is -0.478 e. The van der Waals surface area contributed by atoms with Gasteiger partial charge in [0.1, 0.15) is 11.8 Å². The molecule has 2 aromatic carbocycles. The first-order valence-corrected chi connectivity index (χ1v) is 10.6. The Bertz CT molecular complexity index is 1360. The molecule has 4 aromatic rings. The van der Waals surface area contributed by atoms with Crippen LogP contribution in [0.5, 0.6) is 0 Å². The maximum atomic E-state index is 15.2. The third kappa shape index (κ3) is 3.78. The number of carbonyl (C=O) groups is 1. The zero-order chi connectivity index (χ0) is 22.1. The largest absolute Gasteiger partial charge is 0.478 e. The van der Waals surface area contributed by atoms with Crippen LogP contribution in [0.2, 0.25) is 5.02 Å². The number of benzene rings is 2. The van der Waals surface area contributed by atoms with Crippen LogP contribution in [0.1, 0.15) is 29.4 Å². The third-order valence-corrected chi connectivity index (χ3v) is 6.11. The summed E-state index contributed by atoms with van der Waals surface area (Å²) >= 11 is 7.26. The molecular weight excluding hydrogens is 439 g/mol. The van der Waals surface area contributed by atoms with E-state index in [1.54, 1.807) is 35.3 Å². The van der Waals surface area contributed by atoms with Crippen molar-refractivity contribution in [3.63, 3.8) is 0 Å². The van der Waals surface area contributed by atoms with E-state index < -0.39 is 11.8 Å². The second-order valence-electron chi connectivity index (χ2n) is 6.78. The molecule has 0 aliphatic heterocycles. The lowest BCUT2D eigenvalue weighted by Crippen LogP contribution is -1.99. The number of rotatable bonds is 6. The first-order valence-electron chi connectivity index (χ1n) is 9.41. The fourth-order valence-corrected chi connectivity index (χ4v) is 4.60. The van der Waals surface area contributed by atoms with Crippen molar-refractivity contribution in [1.82, 2.24) is 14.3 Å². The van der Waals surface area contributed by atoms with E-state index in [9.17, 15) is 15.2 Å². The standard InChI is InChI=1S/C22H16ClFN4O2S/c1-2-8-27-12-14(11-26-27)28-18(10-25)21(16-6-7-17(23)19(24)20(16)28)31-15-5-3-4-13(9-15)22(29)30/h3-7,9,11-12H,2,8H2,1H3,(H,29,30). The number of hydrogen-bond donors (Lipinski definition) is 1. The summed E-state index contributed by atoms with van der Waals surface area (Å²) in [5.74, 6) is -1.68. The maximum Gasteiger partial charge on any atom is 0.335 e. The smallest absolute Gasteiger partial charge is 0.335 e. The highest BCUT2D eigenvalue weighted by atomic mass is 35.5. The van der Waals surface area contributed by atoms with E-state index in [1.807, 2.05) is 6.92 Å². The van der Waals surface area contributed by atoms with Gasteiger partial charge in [0, 0.05) is 23.0 Å². The molecule has 0 bridgehead atoms. The molecular formula is C22H16ClFN4O2S. The summed E-state index contributed by atoms with van der Waals surface area (Å²) in [6.45, 7) is 2.71. The highest BCUT2D eigenvalue weighted by Gasteiger charge is 2.24. The van der Waals surface area contributed by atoms with Crippen molar-refractivity contribution in [3.05, 3.63) is 70.9 Å². The lowest BCUT2D eigenvalue weighted by molar-refractivity contribution is 0.0696. The van der Waals surface area contributed by atoms with Gasteiger partial charge < -0.3 is 5.11 Å². The zero-order valence-corrected chi connectivity index (χ0v) is 17.9. The van der Waals surface area contributed by atoms with E-state index in [0.29, 0.717) is 27.4 Å². The second kappa shape index (κ2) is 8.46. The SMILES string of the molecule is CCCn1cc(-n2c(C#N)c(Sc3cccc(C(=O)O)c3)c3ccc(Cl)c(F)c32)cn1. The molecule has 2 heterocycles. The highest BCUT2D eigenvalue weighted by Crippen LogP contribution is 2.42. The Labute approximate surface area is 186 Å². The normalized spacial score (nSPS) is 11.0. The molecule has 156 valence electrons. The van der Waals surface area contributed by atoms with Gasteiger partial charge in [-0.3, -0.25) is 9.25 Å². The number of fused-ring (bicyclic) bond motifs is 1. The van der Waals surface area contributed by atoms with Crippen LogP contribution in [-0.2, 0) is 6.54 Å². The quantitative estimate of drug-likeness (QED) is 0.401. The number of hydrogen-bond acceptors (Lipinski definition) is 4. The Morgan fingerprint density at radius 3 is 2.87 bits per heavy atom. The minimum absolute atomic E-state index is 0.0545. The van der Waals surface area contributed by atoms with Gasteiger partial charge in [-0.15, -0.1) is 0 Å². The summed E-state index contributed by atoms with van der Waals surface area (Å²) in [4.78, 5) is 12.5. The Kier molecular flexibility index (Phi) is 5.72. The van der Waals surface area contributed by atoms with Crippen LogP contribution >= 0.6 is 23.4 Å². The van der Waals surface area contributed by atoms with Gasteiger partial charge in [-0.2, -0.15) is 10.4 Å². The molecule has 0 atom stereocenters. The topological polar surface area (TPSA) is 83.8 Å². The van der Waals surface area contributed by atoms with Gasteiger partial charge >= 0.3 is 5.97 Å². The summed E-state index contributed by atoms with van der Waals surface area (Å²) in [5.41, 5.74) is 1.07. The van der Waals surface area contributed by atoms with Crippen molar-refractivity contribution >= 4 is 40.2 Å². The average molecular weight is 455 g/mol. The van der Waals surface area contributed by atoms with E-state index >= 15 is 4.39 Å². The number of carboxylic acid groups (broad SMARTS) is 1. The molecule has 0 saturated carbocycles. The summed E-state index contributed by atoms with van der Waals surface area (Å²) in [5, 5.41) is 24.0. The molecule has 0 radical (unpaired) electrons. The lowest BCUT2D eigenvalue weighted by Gasteiger charge is -2.05. The highest BCUT2D eigenvalue weighted by molar-refractivity contribution is 7.99. The molecule has 4 rings (SSSR count). The van der Waals surface area contributed by atoms with Gasteiger partial charge in [0.25, 0.3) is 0 Å². The van der Waals surface area contributed by atoms with Gasteiger partial charge in [0.15, 0.2) is 5.82 Å². The Hall–Kier alpha value is -3.28. The van der Waals surface area contributed by atoms with Crippen LogP contribution in [0.3, 0.4) is 0 Å². The first-order chi connectivity index (χ1) is 14.9. The van der Waals surface area contributed by atoms with Gasteiger partial charge in [-0.25, -0.2) is 9.18 Å². The number of nitriles is 1. The summed E-state index contributed by atoms with van der Waals surface area (Å²) < 4.78 is 18.4. The molecule has 9 heteroatoms. The fraction of sp³-hybridized carbons (Fsp3) is 0.136. The monoisotopic (exact) mass is 454 g/mol. The van der Waals surface area contributed by atoms with Gasteiger partial charge in [-0.1, -0.05) is 36.4 Å². The van der Waals surface area contributed by atoms with E-state index in [2.05, 4.69) is 11.2 Å². The number of halogens is 2. The Balaban J connectivity index is 1.96. The van der Waals surface area contributed by atoms with Crippen LogP contribution in [0.15, 0.2) is 58.6 Å². The van der Waals surface area contributed by atoms with E-state index in [1.165, 1.54) is 34.5 Å². The maximum absolute atomic E-state index is 15.2. The zero-order valence-electron chi connectivity index (χ0n) is 16.3. The lowest BCUT2D eigenvalue weighted by atomic mass is 10.2. The predicted octanol–water partition coefficient (Wildman–Crippen LogP) is 5.75. The summed E-state index contributed by atoms with van der Waals surface area (Å²) in [7, 11) is 0. The molecule has 0 spiro atoms. The Morgan fingerprint density at radius 1 is 1.35 bits per heavy atom. The molecule has 0 aliphatic carbocycles. The third-order valence-electron chi connectivity index (χ3n) is 4.71.